The molecule has 0 atom stereocenters. The molecular formula is C23H27N3O7S. The lowest BCUT2D eigenvalue weighted by Crippen LogP contribution is -2.31. The van der Waals surface area contributed by atoms with Crippen molar-refractivity contribution < 1.29 is 32.6 Å². The number of aryl methyl sites for hydroxylation is 1. The average molecular weight is 490 g/mol. The summed E-state index contributed by atoms with van der Waals surface area (Å²) in [5.74, 6) is -0.461. The Kier molecular flexibility index (Phi) is 8.13. The first-order valence-corrected chi connectivity index (χ1v) is 12.1. The van der Waals surface area contributed by atoms with Crippen LogP contribution in [0.1, 0.15) is 18.9 Å². The van der Waals surface area contributed by atoms with Gasteiger partial charge in [0.25, 0.3) is 10.0 Å². The van der Waals surface area contributed by atoms with Crippen LogP contribution >= 0.6 is 0 Å². The Morgan fingerprint density at radius 1 is 1.12 bits per heavy atom. The third kappa shape index (κ3) is 5.86. The number of hydrogen-bond donors (Lipinski definition) is 3. The van der Waals surface area contributed by atoms with Crippen LogP contribution < -0.4 is 15.4 Å². The molecule has 0 bridgehead atoms. The van der Waals surface area contributed by atoms with Crippen LogP contribution in [0.2, 0.25) is 0 Å². The summed E-state index contributed by atoms with van der Waals surface area (Å²) in [6, 6.07) is 10.4. The molecule has 0 fully saturated rings. The third-order valence-electron chi connectivity index (χ3n) is 5.01. The second kappa shape index (κ2) is 11.0. The van der Waals surface area contributed by atoms with Crippen molar-refractivity contribution in [2.45, 2.75) is 24.7 Å². The molecule has 0 aliphatic rings. The number of rotatable bonds is 11. The first-order chi connectivity index (χ1) is 16.3. The number of urea groups is 1. The quantitative estimate of drug-likeness (QED) is 0.352. The molecule has 0 unspecified atom stereocenters. The van der Waals surface area contributed by atoms with E-state index in [0.717, 1.165) is 3.97 Å². The average Bonchev–Trinajstić information content (AvgIpc) is 3.17. The highest BCUT2D eigenvalue weighted by atomic mass is 32.2. The van der Waals surface area contributed by atoms with Gasteiger partial charge in [-0.05, 0) is 55.3 Å². The molecule has 182 valence electrons. The lowest BCUT2D eigenvalue weighted by Gasteiger charge is -2.11. The number of nitrogens with one attached hydrogen (secondary N) is 2. The van der Waals surface area contributed by atoms with Crippen LogP contribution in [0.4, 0.5) is 10.5 Å². The van der Waals surface area contributed by atoms with E-state index in [4.69, 9.17) is 14.6 Å². The summed E-state index contributed by atoms with van der Waals surface area (Å²) >= 11 is 0. The summed E-state index contributed by atoms with van der Waals surface area (Å²) in [5.41, 5.74) is 1.42. The fraction of sp³-hybridized carbons (Fsp3) is 0.304. The number of carboxylic acids is 1. The van der Waals surface area contributed by atoms with Gasteiger partial charge in [-0.15, -0.1) is 0 Å². The standard InChI is InChI=1S/C23H27N3O7S/c1-3-33-18-7-10-20-16(4-11-22(27)28)15-26(21(20)14-18)34(30,31)19-8-5-17(6-9-19)25-23(29)24-12-13-32-2/h5-10,14-15H,3-4,11-13H2,1-2H3,(H,27,28)(H2,24,25,29). The summed E-state index contributed by atoms with van der Waals surface area (Å²) in [5, 5.41) is 14.9. The van der Waals surface area contributed by atoms with E-state index in [9.17, 15) is 18.0 Å². The van der Waals surface area contributed by atoms with Gasteiger partial charge in [0, 0.05) is 43.4 Å². The van der Waals surface area contributed by atoms with E-state index in [1.54, 1.807) is 18.2 Å². The number of amides is 2. The number of hydrogen-bond acceptors (Lipinski definition) is 6. The Morgan fingerprint density at radius 3 is 2.50 bits per heavy atom. The summed E-state index contributed by atoms with van der Waals surface area (Å²) in [4.78, 5) is 23.0. The molecule has 3 aromatic rings. The molecule has 2 aromatic carbocycles. The Bertz CT molecular complexity index is 1270. The van der Waals surface area contributed by atoms with E-state index < -0.39 is 22.0 Å². The molecule has 0 aliphatic carbocycles. The number of ether oxygens (including phenoxy) is 2. The molecule has 11 heteroatoms. The third-order valence-corrected chi connectivity index (χ3v) is 6.69. The highest BCUT2D eigenvalue weighted by Gasteiger charge is 2.22. The molecule has 10 nitrogen and oxygen atoms in total. The smallest absolute Gasteiger partial charge is 0.319 e. The van der Waals surface area contributed by atoms with Crippen molar-refractivity contribution in [2.24, 2.45) is 0 Å². The maximum Gasteiger partial charge on any atom is 0.319 e. The molecule has 1 heterocycles. The maximum atomic E-state index is 13.5. The number of carboxylic acid groups (broad SMARTS) is 1. The second-order valence-electron chi connectivity index (χ2n) is 7.36. The van der Waals surface area contributed by atoms with Gasteiger partial charge >= 0.3 is 12.0 Å². The molecule has 0 radical (unpaired) electrons. The van der Waals surface area contributed by atoms with E-state index in [2.05, 4.69) is 10.6 Å². The maximum absolute atomic E-state index is 13.5. The van der Waals surface area contributed by atoms with Gasteiger partial charge in [-0.2, -0.15) is 0 Å². The summed E-state index contributed by atoms with van der Waals surface area (Å²) in [6.07, 6.45) is 1.51. The Balaban J connectivity index is 1.93. The van der Waals surface area contributed by atoms with E-state index in [0.29, 0.717) is 47.7 Å². The van der Waals surface area contributed by atoms with Crippen LogP contribution in [0.3, 0.4) is 0 Å². The van der Waals surface area contributed by atoms with Crippen LogP contribution in [0, 0.1) is 0 Å². The fourth-order valence-corrected chi connectivity index (χ4v) is 4.79. The number of aromatic nitrogens is 1. The number of nitrogens with zero attached hydrogens (tertiary/aromatic N) is 1. The van der Waals surface area contributed by atoms with Crippen molar-refractivity contribution in [2.75, 3.05) is 32.2 Å². The highest BCUT2D eigenvalue weighted by Crippen LogP contribution is 2.30. The molecular weight excluding hydrogens is 462 g/mol. The van der Waals surface area contributed by atoms with Crippen molar-refractivity contribution >= 4 is 38.6 Å². The SMILES string of the molecule is CCOc1ccc2c(CCC(=O)O)cn(S(=O)(=O)c3ccc(NC(=O)NCCOC)cc3)c2c1. The van der Waals surface area contributed by atoms with Crippen molar-refractivity contribution in [1.29, 1.82) is 0 Å². The van der Waals surface area contributed by atoms with E-state index in [1.807, 2.05) is 6.92 Å². The Labute approximate surface area is 197 Å². The predicted molar refractivity (Wildman–Crippen MR) is 127 cm³/mol. The van der Waals surface area contributed by atoms with Gasteiger partial charge in [0.05, 0.1) is 23.6 Å². The van der Waals surface area contributed by atoms with E-state index in [1.165, 1.54) is 37.6 Å². The first-order valence-electron chi connectivity index (χ1n) is 10.6. The first kappa shape index (κ1) is 25.1. The van der Waals surface area contributed by atoms with Gasteiger partial charge in [0.1, 0.15) is 5.75 Å². The fourth-order valence-electron chi connectivity index (χ4n) is 3.41. The number of benzene rings is 2. The number of carbonyl (C=O) groups excluding carboxylic acids is 1. The number of carbonyl (C=O) groups is 2. The second-order valence-corrected chi connectivity index (χ2v) is 9.17. The minimum Gasteiger partial charge on any atom is -0.494 e. The number of anilines is 1. The topological polar surface area (TPSA) is 136 Å². The molecule has 34 heavy (non-hydrogen) atoms. The van der Waals surface area contributed by atoms with E-state index in [-0.39, 0.29) is 17.7 Å². The van der Waals surface area contributed by atoms with Crippen LogP contribution in [0.5, 0.6) is 5.75 Å². The van der Waals surface area contributed by atoms with Crippen LogP contribution in [-0.2, 0) is 26.0 Å². The normalized spacial score (nSPS) is 11.4. The van der Waals surface area contributed by atoms with Gasteiger partial charge in [-0.3, -0.25) is 4.79 Å². The Morgan fingerprint density at radius 2 is 1.85 bits per heavy atom. The number of methoxy groups -OCH3 is 1. The van der Waals surface area contributed by atoms with Crippen LogP contribution in [0.25, 0.3) is 10.9 Å². The number of fused-ring (bicyclic) bond motifs is 1. The predicted octanol–water partition coefficient (Wildman–Crippen LogP) is 3.06. The van der Waals surface area contributed by atoms with Gasteiger partial charge in [-0.1, -0.05) is 0 Å². The largest absolute Gasteiger partial charge is 0.494 e. The Hall–Kier alpha value is -3.57. The minimum atomic E-state index is -4.01. The molecule has 0 aliphatic heterocycles. The lowest BCUT2D eigenvalue weighted by molar-refractivity contribution is -0.136. The zero-order valence-electron chi connectivity index (χ0n) is 18.9. The molecule has 0 saturated carbocycles. The van der Waals surface area contributed by atoms with Crippen LogP contribution in [0.15, 0.2) is 53.6 Å². The zero-order valence-corrected chi connectivity index (χ0v) is 19.7. The van der Waals surface area contributed by atoms with Crippen molar-refractivity contribution in [1.82, 2.24) is 9.29 Å². The van der Waals surface area contributed by atoms with Crippen molar-refractivity contribution in [3.05, 3.63) is 54.2 Å². The highest BCUT2D eigenvalue weighted by molar-refractivity contribution is 7.90. The molecule has 2 amide bonds. The minimum absolute atomic E-state index is 0.0151. The lowest BCUT2D eigenvalue weighted by atomic mass is 10.1. The van der Waals surface area contributed by atoms with Crippen molar-refractivity contribution in [3.63, 3.8) is 0 Å². The monoisotopic (exact) mass is 489 g/mol. The summed E-state index contributed by atoms with van der Waals surface area (Å²) in [7, 11) is -2.48. The van der Waals surface area contributed by atoms with Crippen LogP contribution in [-0.4, -0.2) is 56.4 Å². The van der Waals surface area contributed by atoms with Gasteiger partial charge < -0.3 is 25.2 Å². The molecule has 1 aromatic heterocycles. The molecule has 3 rings (SSSR count). The van der Waals surface area contributed by atoms with Gasteiger partial charge in [0.15, 0.2) is 0 Å². The zero-order chi connectivity index (χ0) is 24.7. The van der Waals surface area contributed by atoms with Gasteiger partial charge in [0.2, 0.25) is 0 Å². The van der Waals surface area contributed by atoms with Gasteiger partial charge in [-0.25, -0.2) is 17.2 Å². The summed E-state index contributed by atoms with van der Waals surface area (Å²) < 4.78 is 38.5. The van der Waals surface area contributed by atoms with E-state index >= 15 is 0 Å². The molecule has 3 N–H and O–H groups in total. The van der Waals surface area contributed by atoms with Crippen molar-refractivity contribution in [3.8, 4) is 5.75 Å². The molecule has 0 saturated heterocycles. The summed E-state index contributed by atoms with van der Waals surface area (Å²) in [6.45, 7) is 2.95. The number of aliphatic carboxylic acids is 1. The molecule has 0 spiro atoms.